The molecule has 0 atom stereocenters. The monoisotopic (exact) mass is 472 g/mol. The number of aromatic nitrogens is 3. The summed E-state index contributed by atoms with van der Waals surface area (Å²) in [6.45, 7) is 3.23. The molecule has 1 aliphatic heterocycles. The lowest BCUT2D eigenvalue weighted by Gasteiger charge is -2.35. The minimum atomic E-state index is -4.40. The number of pyridine rings is 1. The standard InChI is InChI=1S/C18H19F3N6O2S2/c19-18(20,21)13-4-5-16(22-12-13)27-10-8-26(9-11-27)7-6-23-31(28,29)15-3-1-2-14-17(15)25-30-24-14/h1-5,12,23H,6-11H2. The molecule has 1 aliphatic rings. The Bertz CT molecular complexity index is 1140. The van der Waals surface area contributed by atoms with Crippen molar-refractivity contribution in [1.82, 2.24) is 23.4 Å². The Morgan fingerprint density at radius 3 is 2.52 bits per heavy atom. The number of rotatable bonds is 6. The first kappa shape index (κ1) is 21.9. The molecule has 0 radical (unpaired) electrons. The van der Waals surface area contributed by atoms with Crippen molar-refractivity contribution in [2.75, 3.05) is 44.2 Å². The van der Waals surface area contributed by atoms with Gasteiger partial charge in [0.25, 0.3) is 0 Å². The summed E-state index contributed by atoms with van der Waals surface area (Å²) in [6, 6.07) is 7.25. The lowest BCUT2D eigenvalue weighted by Crippen LogP contribution is -2.48. The van der Waals surface area contributed by atoms with Crippen LogP contribution in [-0.4, -0.2) is 66.3 Å². The van der Waals surface area contributed by atoms with Gasteiger partial charge in [-0.05, 0) is 24.3 Å². The van der Waals surface area contributed by atoms with E-state index in [0.29, 0.717) is 49.6 Å². The molecule has 3 aromatic rings. The summed E-state index contributed by atoms with van der Waals surface area (Å²) in [7, 11) is -3.71. The lowest BCUT2D eigenvalue weighted by atomic mass is 10.2. The van der Waals surface area contributed by atoms with E-state index in [2.05, 4.69) is 23.4 Å². The SMILES string of the molecule is O=S(=O)(NCCN1CCN(c2ccc(C(F)(F)F)cn2)CC1)c1cccc2nsnc12. The second kappa shape index (κ2) is 8.65. The van der Waals surface area contributed by atoms with Gasteiger partial charge in [0.05, 0.1) is 17.3 Å². The molecule has 0 aliphatic carbocycles. The maximum atomic E-state index is 12.7. The van der Waals surface area contributed by atoms with Gasteiger partial charge in [-0.25, -0.2) is 18.1 Å². The van der Waals surface area contributed by atoms with E-state index in [-0.39, 0.29) is 11.4 Å². The summed E-state index contributed by atoms with van der Waals surface area (Å²) in [5, 5.41) is 0. The van der Waals surface area contributed by atoms with Crippen molar-refractivity contribution in [1.29, 1.82) is 0 Å². The maximum absolute atomic E-state index is 12.7. The number of halogens is 3. The Labute approximate surface area is 181 Å². The predicted molar refractivity (Wildman–Crippen MR) is 110 cm³/mol. The second-order valence-electron chi connectivity index (χ2n) is 7.02. The highest BCUT2D eigenvalue weighted by atomic mass is 32.2. The van der Waals surface area contributed by atoms with Crippen molar-refractivity contribution in [3.63, 3.8) is 0 Å². The second-order valence-corrected chi connectivity index (χ2v) is 9.28. The first-order valence-electron chi connectivity index (χ1n) is 9.45. The van der Waals surface area contributed by atoms with Crippen LogP contribution < -0.4 is 9.62 Å². The van der Waals surface area contributed by atoms with Crippen LogP contribution in [0.5, 0.6) is 0 Å². The number of benzene rings is 1. The van der Waals surface area contributed by atoms with E-state index in [9.17, 15) is 21.6 Å². The number of alkyl halides is 3. The van der Waals surface area contributed by atoms with Gasteiger partial charge in [0.15, 0.2) is 0 Å². The van der Waals surface area contributed by atoms with Crippen LogP contribution in [0.1, 0.15) is 5.56 Å². The number of piperazine rings is 1. The molecule has 8 nitrogen and oxygen atoms in total. The van der Waals surface area contributed by atoms with Gasteiger partial charge < -0.3 is 4.90 Å². The van der Waals surface area contributed by atoms with Crippen LogP contribution in [0.2, 0.25) is 0 Å². The summed E-state index contributed by atoms with van der Waals surface area (Å²) >= 11 is 0.964. The van der Waals surface area contributed by atoms with Crippen molar-refractivity contribution >= 4 is 38.6 Å². The number of hydrogen-bond acceptors (Lipinski definition) is 8. The topological polar surface area (TPSA) is 91.3 Å². The molecule has 4 rings (SSSR count). The van der Waals surface area contributed by atoms with Crippen LogP contribution >= 0.6 is 11.7 Å². The minimum Gasteiger partial charge on any atom is -0.354 e. The van der Waals surface area contributed by atoms with Crippen LogP contribution in [0.4, 0.5) is 19.0 Å². The van der Waals surface area contributed by atoms with E-state index in [4.69, 9.17) is 0 Å². The number of nitrogens with one attached hydrogen (secondary N) is 1. The van der Waals surface area contributed by atoms with Crippen LogP contribution in [0.25, 0.3) is 11.0 Å². The van der Waals surface area contributed by atoms with Gasteiger partial charge in [-0.3, -0.25) is 4.90 Å². The maximum Gasteiger partial charge on any atom is 0.417 e. The van der Waals surface area contributed by atoms with E-state index in [1.54, 1.807) is 12.1 Å². The molecule has 13 heteroatoms. The molecule has 2 aromatic heterocycles. The van der Waals surface area contributed by atoms with Gasteiger partial charge in [0, 0.05) is 45.5 Å². The van der Waals surface area contributed by atoms with Crippen molar-refractivity contribution in [2.24, 2.45) is 0 Å². The zero-order chi connectivity index (χ0) is 22.1. The number of hydrogen-bond donors (Lipinski definition) is 1. The summed E-state index contributed by atoms with van der Waals surface area (Å²) in [4.78, 5) is 8.04. The summed E-state index contributed by atoms with van der Waals surface area (Å²) in [5.74, 6) is 0.498. The van der Waals surface area contributed by atoms with Crippen molar-refractivity contribution in [3.8, 4) is 0 Å². The molecule has 0 amide bonds. The third-order valence-corrected chi connectivity index (χ3v) is 7.07. The van der Waals surface area contributed by atoms with Gasteiger partial charge in [-0.15, -0.1) is 0 Å². The Morgan fingerprint density at radius 1 is 1.06 bits per heavy atom. The molecule has 1 saturated heterocycles. The molecule has 166 valence electrons. The summed E-state index contributed by atoms with van der Waals surface area (Å²) in [5.41, 5.74) is 0.129. The summed E-state index contributed by atoms with van der Waals surface area (Å²) in [6.07, 6.45) is -3.56. The van der Waals surface area contributed by atoms with Crippen molar-refractivity contribution in [2.45, 2.75) is 11.1 Å². The van der Waals surface area contributed by atoms with Crippen LogP contribution in [0, 0.1) is 0 Å². The van der Waals surface area contributed by atoms with Gasteiger partial charge in [-0.2, -0.15) is 21.9 Å². The molecular formula is C18H19F3N6O2S2. The first-order chi connectivity index (χ1) is 14.7. The third kappa shape index (κ3) is 4.95. The molecule has 1 N–H and O–H groups in total. The quantitative estimate of drug-likeness (QED) is 0.588. The van der Waals surface area contributed by atoms with Gasteiger partial charge in [0.2, 0.25) is 10.0 Å². The van der Waals surface area contributed by atoms with Gasteiger partial charge >= 0.3 is 6.18 Å². The van der Waals surface area contributed by atoms with E-state index < -0.39 is 21.8 Å². The molecule has 0 unspecified atom stereocenters. The molecule has 1 aromatic carbocycles. The van der Waals surface area contributed by atoms with E-state index in [0.717, 1.165) is 24.0 Å². The smallest absolute Gasteiger partial charge is 0.354 e. The lowest BCUT2D eigenvalue weighted by molar-refractivity contribution is -0.137. The number of fused-ring (bicyclic) bond motifs is 1. The molecule has 31 heavy (non-hydrogen) atoms. The zero-order valence-electron chi connectivity index (χ0n) is 16.2. The Balaban J connectivity index is 1.28. The highest BCUT2D eigenvalue weighted by Crippen LogP contribution is 2.29. The fourth-order valence-electron chi connectivity index (χ4n) is 3.36. The largest absolute Gasteiger partial charge is 0.417 e. The Morgan fingerprint density at radius 2 is 1.84 bits per heavy atom. The normalized spacial score (nSPS) is 16.2. The highest BCUT2D eigenvalue weighted by Gasteiger charge is 2.31. The van der Waals surface area contributed by atoms with E-state index in [1.165, 1.54) is 12.1 Å². The fourth-order valence-corrected chi connectivity index (χ4v) is 5.14. The summed E-state index contributed by atoms with van der Waals surface area (Å²) < 4.78 is 74.0. The highest BCUT2D eigenvalue weighted by molar-refractivity contribution is 7.89. The van der Waals surface area contributed by atoms with Gasteiger partial charge in [0.1, 0.15) is 21.7 Å². The molecule has 0 bridgehead atoms. The van der Waals surface area contributed by atoms with E-state index in [1.807, 2.05) is 4.90 Å². The fraction of sp³-hybridized carbons (Fsp3) is 0.389. The number of sulfonamides is 1. The zero-order valence-corrected chi connectivity index (χ0v) is 17.8. The first-order valence-corrected chi connectivity index (χ1v) is 11.7. The number of anilines is 1. The third-order valence-electron chi connectivity index (χ3n) is 5.03. The molecule has 0 spiro atoms. The van der Waals surface area contributed by atoms with Crippen LogP contribution in [0.15, 0.2) is 41.4 Å². The average molecular weight is 473 g/mol. The van der Waals surface area contributed by atoms with Crippen molar-refractivity contribution in [3.05, 3.63) is 42.1 Å². The predicted octanol–water partition coefficient (Wildman–Crippen LogP) is 2.21. The van der Waals surface area contributed by atoms with Gasteiger partial charge in [-0.1, -0.05) is 6.07 Å². The van der Waals surface area contributed by atoms with Crippen LogP contribution in [-0.2, 0) is 16.2 Å². The Hall–Kier alpha value is -2.35. The van der Waals surface area contributed by atoms with Crippen LogP contribution in [0.3, 0.4) is 0 Å². The molecule has 3 heterocycles. The average Bonchev–Trinajstić information content (AvgIpc) is 3.22. The minimum absolute atomic E-state index is 0.108. The van der Waals surface area contributed by atoms with Crippen molar-refractivity contribution < 1.29 is 21.6 Å². The van der Waals surface area contributed by atoms with E-state index >= 15 is 0 Å². The molecule has 0 saturated carbocycles. The Kier molecular flexibility index (Phi) is 6.10. The number of nitrogens with zero attached hydrogens (tertiary/aromatic N) is 5. The molecular weight excluding hydrogens is 453 g/mol. The molecule has 1 fully saturated rings.